The van der Waals surface area contributed by atoms with Crippen LogP contribution in [0.1, 0.15) is 5.82 Å². The van der Waals surface area contributed by atoms with Crippen LogP contribution in [-0.4, -0.2) is 36.2 Å². The summed E-state index contributed by atoms with van der Waals surface area (Å²) >= 11 is 0. The van der Waals surface area contributed by atoms with E-state index in [1.807, 2.05) is 0 Å². The highest BCUT2D eigenvalue weighted by atomic mass is 32.2. The Morgan fingerprint density at radius 1 is 1.33 bits per heavy atom. The average Bonchev–Trinajstić information content (AvgIpc) is 2.97. The Hall–Kier alpha value is -2.46. The Labute approximate surface area is 119 Å². The van der Waals surface area contributed by atoms with Crippen molar-refractivity contribution in [3.8, 4) is 5.75 Å². The maximum absolute atomic E-state index is 12.0. The molecule has 1 aromatic carbocycles. The molecule has 2 N–H and O–H groups in total. The Bertz CT molecular complexity index is 696. The highest BCUT2D eigenvalue weighted by Gasteiger charge is 2.15. The molecule has 0 aliphatic heterocycles. The van der Waals surface area contributed by atoms with Gasteiger partial charge in [0.25, 0.3) is 0 Å². The molecule has 2 rings (SSSR count). The molecule has 0 amide bonds. The summed E-state index contributed by atoms with van der Waals surface area (Å²) < 4.78 is 35.6. The van der Waals surface area contributed by atoms with E-state index >= 15 is 0 Å². The average molecular weight is 313 g/mol. The third kappa shape index (κ3) is 4.26. The third-order valence-electron chi connectivity index (χ3n) is 2.32. The number of carbonyl (C=O) groups is 1. The number of sulfonamides is 1. The molecular weight excluding hydrogens is 302 g/mol. The van der Waals surface area contributed by atoms with Crippen LogP contribution in [0.3, 0.4) is 0 Å². The molecule has 0 radical (unpaired) electrons. The first-order valence-electron chi connectivity index (χ1n) is 5.67. The highest BCUT2D eigenvalue weighted by molar-refractivity contribution is 7.89. The molecule has 0 saturated heterocycles. The maximum Gasteiger partial charge on any atom is 0.341 e. The van der Waals surface area contributed by atoms with E-state index < -0.39 is 22.6 Å². The van der Waals surface area contributed by atoms with Gasteiger partial charge in [0.1, 0.15) is 5.75 Å². The van der Waals surface area contributed by atoms with Crippen LogP contribution in [0.5, 0.6) is 5.75 Å². The Morgan fingerprint density at radius 2 is 2.05 bits per heavy atom. The van der Waals surface area contributed by atoms with E-state index in [9.17, 15) is 13.2 Å². The van der Waals surface area contributed by atoms with Crippen molar-refractivity contribution in [2.24, 2.45) is 0 Å². The van der Waals surface area contributed by atoms with Crippen LogP contribution in [-0.2, 0) is 21.4 Å². The number of benzene rings is 1. The molecule has 21 heavy (non-hydrogen) atoms. The van der Waals surface area contributed by atoms with E-state index in [0.717, 1.165) is 6.39 Å². The number of rotatable bonds is 7. The molecule has 1 aromatic heterocycles. The second kappa shape index (κ2) is 6.33. The van der Waals surface area contributed by atoms with Gasteiger partial charge in [-0.1, -0.05) is 5.16 Å². The summed E-state index contributed by atoms with van der Waals surface area (Å²) in [4.78, 5) is 14.0. The number of carboxylic acid groups (broad SMARTS) is 1. The summed E-state index contributed by atoms with van der Waals surface area (Å²) in [5.74, 6) is -0.650. The zero-order chi connectivity index (χ0) is 15.3. The van der Waals surface area contributed by atoms with Crippen molar-refractivity contribution in [2.45, 2.75) is 11.4 Å². The third-order valence-corrected chi connectivity index (χ3v) is 3.74. The number of hydrogen-bond acceptors (Lipinski definition) is 7. The zero-order valence-electron chi connectivity index (χ0n) is 10.6. The van der Waals surface area contributed by atoms with E-state index in [1.165, 1.54) is 24.3 Å². The molecule has 0 aliphatic carbocycles. The van der Waals surface area contributed by atoms with Crippen LogP contribution < -0.4 is 9.46 Å². The van der Waals surface area contributed by atoms with E-state index in [-0.39, 0.29) is 23.0 Å². The first-order chi connectivity index (χ1) is 9.97. The number of carboxylic acids is 1. The van der Waals surface area contributed by atoms with Gasteiger partial charge in [0, 0.05) is 0 Å². The normalized spacial score (nSPS) is 11.2. The van der Waals surface area contributed by atoms with Crippen LogP contribution in [0.25, 0.3) is 0 Å². The quantitative estimate of drug-likeness (QED) is 0.730. The molecule has 0 unspecified atom stereocenters. The Kier molecular flexibility index (Phi) is 4.50. The number of aliphatic carboxylic acids is 1. The highest BCUT2D eigenvalue weighted by Crippen LogP contribution is 2.16. The minimum atomic E-state index is -3.73. The van der Waals surface area contributed by atoms with E-state index in [0.29, 0.717) is 0 Å². The van der Waals surface area contributed by atoms with Gasteiger partial charge >= 0.3 is 5.97 Å². The van der Waals surface area contributed by atoms with Gasteiger partial charge in [0.15, 0.2) is 12.4 Å². The van der Waals surface area contributed by atoms with Gasteiger partial charge in [-0.2, -0.15) is 4.98 Å². The van der Waals surface area contributed by atoms with Crippen LogP contribution in [0.2, 0.25) is 0 Å². The zero-order valence-corrected chi connectivity index (χ0v) is 11.4. The first kappa shape index (κ1) is 14.9. The second-order valence-electron chi connectivity index (χ2n) is 3.83. The lowest BCUT2D eigenvalue weighted by Gasteiger charge is -2.06. The molecule has 0 aliphatic rings. The molecule has 0 spiro atoms. The van der Waals surface area contributed by atoms with Crippen molar-refractivity contribution in [3.05, 3.63) is 36.5 Å². The van der Waals surface area contributed by atoms with Crippen LogP contribution in [0.15, 0.2) is 40.1 Å². The Morgan fingerprint density at radius 3 is 2.62 bits per heavy atom. The lowest BCUT2D eigenvalue weighted by molar-refractivity contribution is -0.139. The summed E-state index contributed by atoms with van der Waals surface area (Å²) in [7, 11) is -3.73. The maximum atomic E-state index is 12.0. The van der Waals surface area contributed by atoms with Crippen molar-refractivity contribution in [3.63, 3.8) is 0 Å². The SMILES string of the molecule is O=C(O)COc1ccc(S(=O)(=O)NCc2ncon2)cc1. The van der Waals surface area contributed by atoms with Gasteiger partial charge in [-0.15, -0.1) is 0 Å². The monoisotopic (exact) mass is 313 g/mol. The van der Waals surface area contributed by atoms with Crippen LogP contribution >= 0.6 is 0 Å². The smallest absolute Gasteiger partial charge is 0.341 e. The van der Waals surface area contributed by atoms with Gasteiger partial charge in [-0.3, -0.25) is 0 Å². The fraction of sp³-hybridized carbons (Fsp3) is 0.182. The van der Waals surface area contributed by atoms with Gasteiger partial charge in [0.05, 0.1) is 11.4 Å². The van der Waals surface area contributed by atoms with Crippen molar-refractivity contribution >= 4 is 16.0 Å². The summed E-state index contributed by atoms with van der Waals surface area (Å²) in [6.45, 7) is -0.599. The predicted molar refractivity (Wildman–Crippen MR) is 67.9 cm³/mol. The number of nitrogens with one attached hydrogen (secondary N) is 1. The van der Waals surface area contributed by atoms with Gasteiger partial charge in [-0.05, 0) is 24.3 Å². The summed E-state index contributed by atoms with van der Waals surface area (Å²) in [6.07, 6.45) is 1.10. The summed E-state index contributed by atoms with van der Waals surface area (Å²) in [6, 6.07) is 5.34. The topological polar surface area (TPSA) is 132 Å². The fourth-order valence-electron chi connectivity index (χ4n) is 1.37. The molecule has 1 heterocycles. The number of hydrogen-bond donors (Lipinski definition) is 2. The first-order valence-corrected chi connectivity index (χ1v) is 7.15. The van der Waals surface area contributed by atoms with Crippen LogP contribution in [0, 0.1) is 0 Å². The van der Waals surface area contributed by atoms with Gasteiger partial charge < -0.3 is 14.4 Å². The lowest BCUT2D eigenvalue weighted by Crippen LogP contribution is -2.23. The molecule has 10 heteroatoms. The molecule has 0 bridgehead atoms. The van der Waals surface area contributed by atoms with Crippen molar-refractivity contribution < 1.29 is 27.6 Å². The van der Waals surface area contributed by atoms with E-state index in [1.54, 1.807) is 0 Å². The number of aromatic nitrogens is 2. The predicted octanol–water partition coefficient (Wildman–Crippen LogP) is 0.0115. The Balaban J connectivity index is 2.01. The fourth-order valence-corrected chi connectivity index (χ4v) is 2.35. The summed E-state index contributed by atoms with van der Waals surface area (Å²) in [5.41, 5.74) is 0. The van der Waals surface area contributed by atoms with Crippen molar-refractivity contribution in [1.82, 2.24) is 14.9 Å². The van der Waals surface area contributed by atoms with Gasteiger partial charge in [-0.25, -0.2) is 17.9 Å². The number of nitrogens with zero attached hydrogens (tertiary/aromatic N) is 2. The minimum absolute atomic E-state index is 0.00803. The van der Waals surface area contributed by atoms with Gasteiger partial charge in [0.2, 0.25) is 16.4 Å². The molecule has 2 aromatic rings. The number of ether oxygens (including phenoxy) is 1. The lowest BCUT2D eigenvalue weighted by atomic mass is 10.3. The second-order valence-corrected chi connectivity index (χ2v) is 5.59. The molecule has 0 atom stereocenters. The molecular formula is C11H11N3O6S. The van der Waals surface area contributed by atoms with E-state index in [2.05, 4.69) is 19.4 Å². The largest absolute Gasteiger partial charge is 0.482 e. The standard InChI is InChI=1S/C11H11N3O6S/c15-11(16)6-19-8-1-3-9(4-2-8)21(17,18)13-5-10-12-7-20-14-10/h1-4,7,13H,5-6H2,(H,15,16). The molecule has 0 fully saturated rings. The van der Waals surface area contributed by atoms with Crippen LogP contribution in [0.4, 0.5) is 0 Å². The summed E-state index contributed by atoms with van der Waals surface area (Å²) in [5, 5.41) is 11.9. The van der Waals surface area contributed by atoms with E-state index in [4.69, 9.17) is 9.84 Å². The van der Waals surface area contributed by atoms with Crippen molar-refractivity contribution in [1.29, 1.82) is 0 Å². The van der Waals surface area contributed by atoms with Crippen molar-refractivity contribution in [2.75, 3.05) is 6.61 Å². The molecule has 112 valence electrons. The molecule has 9 nitrogen and oxygen atoms in total. The minimum Gasteiger partial charge on any atom is -0.482 e. The molecule has 0 saturated carbocycles.